The van der Waals surface area contributed by atoms with E-state index in [1.165, 1.54) is 6.33 Å². The molecule has 0 aliphatic heterocycles. The van der Waals surface area contributed by atoms with Gasteiger partial charge in [-0.15, -0.1) is 0 Å². The number of carboxylic acids is 1. The van der Waals surface area contributed by atoms with E-state index in [0.717, 1.165) is 0 Å². The number of rotatable bonds is 3. The van der Waals surface area contributed by atoms with Gasteiger partial charge in [-0.2, -0.15) is 5.10 Å². The second-order valence-corrected chi connectivity index (χ2v) is 3.37. The van der Waals surface area contributed by atoms with Gasteiger partial charge in [0.05, 0.1) is 5.41 Å². The van der Waals surface area contributed by atoms with Crippen LogP contribution in [0.3, 0.4) is 0 Å². The van der Waals surface area contributed by atoms with Gasteiger partial charge in [-0.1, -0.05) is 13.8 Å². The average molecular weight is 184 g/mol. The highest BCUT2D eigenvalue weighted by molar-refractivity contribution is 5.75. The minimum Gasteiger partial charge on any atom is -0.480 e. The van der Waals surface area contributed by atoms with Gasteiger partial charge in [-0.3, -0.25) is 9.89 Å². The first kappa shape index (κ1) is 9.66. The first-order valence-corrected chi connectivity index (χ1v) is 3.80. The predicted octanol–water partition coefficient (Wildman–Crippen LogP) is -0.506. The Hall–Kier alpha value is -1.43. The van der Waals surface area contributed by atoms with E-state index in [1.54, 1.807) is 13.8 Å². The van der Waals surface area contributed by atoms with E-state index in [9.17, 15) is 4.79 Å². The molecule has 1 heterocycles. The predicted molar refractivity (Wildman–Crippen MR) is 45.0 cm³/mol. The van der Waals surface area contributed by atoms with Crippen molar-refractivity contribution in [1.29, 1.82) is 0 Å². The summed E-state index contributed by atoms with van der Waals surface area (Å²) in [7, 11) is 0. The molecule has 13 heavy (non-hydrogen) atoms. The molecule has 4 N–H and O–H groups in total. The van der Waals surface area contributed by atoms with Crippen molar-refractivity contribution in [3.63, 3.8) is 0 Å². The number of H-pyrrole nitrogens is 1. The van der Waals surface area contributed by atoms with Gasteiger partial charge < -0.3 is 10.8 Å². The molecule has 0 fully saturated rings. The van der Waals surface area contributed by atoms with Gasteiger partial charge in [0, 0.05) is 0 Å². The molecule has 0 radical (unpaired) electrons. The fourth-order valence-corrected chi connectivity index (χ4v) is 0.972. The molecule has 0 aromatic carbocycles. The minimum atomic E-state index is -1.05. The van der Waals surface area contributed by atoms with Crippen LogP contribution >= 0.6 is 0 Å². The molecule has 1 aromatic rings. The molecule has 0 aliphatic rings. The third-order valence-corrected chi connectivity index (χ3v) is 2.07. The van der Waals surface area contributed by atoms with Gasteiger partial charge in [-0.25, -0.2) is 4.98 Å². The zero-order chi connectivity index (χ0) is 10.1. The van der Waals surface area contributed by atoms with Gasteiger partial charge in [-0.05, 0) is 0 Å². The zero-order valence-electron chi connectivity index (χ0n) is 7.48. The molecule has 1 atom stereocenters. The van der Waals surface area contributed by atoms with Crippen molar-refractivity contribution in [2.75, 3.05) is 0 Å². The van der Waals surface area contributed by atoms with Gasteiger partial charge in [0.1, 0.15) is 18.2 Å². The number of aliphatic carboxylic acids is 1. The van der Waals surface area contributed by atoms with Crippen molar-refractivity contribution >= 4 is 5.97 Å². The fourth-order valence-electron chi connectivity index (χ4n) is 0.972. The fraction of sp³-hybridized carbons (Fsp3) is 0.571. The van der Waals surface area contributed by atoms with Crippen molar-refractivity contribution in [1.82, 2.24) is 15.2 Å². The Morgan fingerprint density at radius 2 is 2.38 bits per heavy atom. The summed E-state index contributed by atoms with van der Waals surface area (Å²) >= 11 is 0. The highest BCUT2D eigenvalue weighted by Gasteiger charge is 2.36. The Morgan fingerprint density at radius 3 is 2.77 bits per heavy atom. The van der Waals surface area contributed by atoms with E-state index in [2.05, 4.69) is 15.2 Å². The van der Waals surface area contributed by atoms with Crippen LogP contribution < -0.4 is 5.73 Å². The summed E-state index contributed by atoms with van der Waals surface area (Å²) in [6, 6.07) is -1.000. The van der Waals surface area contributed by atoms with E-state index in [-0.39, 0.29) is 0 Å². The van der Waals surface area contributed by atoms with Crippen LogP contribution in [-0.2, 0) is 10.2 Å². The van der Waals surface area contributed by atoms with Crippen LogP contribution in [0.4, 0.5) is 0 Å². The maximum absolute atomic E-state index is 10.7. The third-order valence-electron chi connectivity index (χ3n) is 2.07. The van der Waals surface area contributed by atoms with Gasteiger partial charge >= 0.3 is 5.97 Å². The van der Waals surface area contributed by atoms with Crippen LogP contribution in [0.2, 0.25) is 0 Å². The Labute approximate surface area is 75.2 Å². The van der Waals surface area contributed by atoms with Crippen LogP contribution in [0, 0.1) is 0 Å². The number of carbonyl (C=O) groups is 1. The molecule has 0 bridgehead atoms. The lowest BCUT2D eigenvalue weighted by Crippen LogP contribution is -2.47. The summed E-state index contributed by atoms with van der Waals surface area (Å²) in [6.45, 7) is 3.40. The lowest BCUT2D eigenvalue weighted by molar-refractivity contribution is -0.140. The first-order chi connectivity index (χ1) is 5.96. The van der Waals surface area contributed by atoms with Gasteiger partial charge in [0.25, 0.3) is 0 Å². The number of aromatic nitrogens is 3. The molecule has 1 rings (SSSR count). The Morgan fingerprint density at radius 1 is 1.77 bits per heavy atom. The Bertz CT molecular complexity index is 293. The van der Waals surface area contributed by atoms with Crippen LogP contribution in [0.25, 0.3) is 0 Å². The van der Waals surface area contributed by atoms with Crippen LogP contribution in [0.15, 0.2) is 6.33 Å². The molecule has 0 aliphatic carbocycles. The molecule has 1 aromatic heterocycles. The maximum Gasteiger partial charge on any atom is 0.321 e. The lowest BCUT2D eigenvalue weighted by atomic mass is 9.84. The van der Waals surface area contributed by atoms with E-state index in [0.29, 0.717) is 5.82 Å². The standard InChI is InChI=1S/C7H12N4O2/c1-7(2,4(8)5(12)13)6-9-3-10-11-6/h3-4H,8H2,1-2H3,(H,12,13)(H,9,10,11). The first-order valence-electron chi connectivity index (χ1n) is 3.80. The number of hydrogen-bond acceptors (Lipinski definition) is 4. The van der Waals surface area contributed by atoms with Crippen molar-refractivity contribution in [3.8, 4) is 0 Å². The normalized spacial score (nSPS) is 14.1. The molecule has 72 valence electrons. The van der Waals surface area contributed by atoms with Crippen molar-refractivity contribution in [2.45, 2.75) is 25.3 Å². The summed E-state index contributed by atoms with van der Waals surface area (Å²) in [5, 5.41) is 15.0. The minimum absolute atomic E-state index is 0.474. The van der Waals surface area contributed by atoms with Crippen molar-refractivity contribution in [3.05, 3.63) is 12.2 Å². The van der Waals surface area contributed by atoms with E-state index >= 15 is 0 Å². The second kappa shape index (κ2) is 3.14. The zero-order valence-corrected chi connectivity index (χ0v) is 7.48. The van der Waals surface area contributed by atoms with E-state index < -0.39 is 17.4 Å². The largest absolute Gasteiger partial charge is 0.480 e. The highest BCUT2D eigenvalue weighted by atomic mass is 16.4. The maximum atomic E-state index is 10.7. The van der Waals surface area contributed by atoms with E-state index in [1.807, 2.05) is 0 Å². The average Bonchev–Trinajstić information content (AvgIpc) is 2.54. The summed E-state index contributed by atoms with van der Waals surface area (Å²) in [5.41, 5.74) is 4.75. The molecule has 6 nitrogen and oxygen atoms in total. The smallest absolute Gasteiger partial charge is 0.321 e. The number of nitrogens with two attached hydrogens (primary N) is 1. The number of aromatic amines is 1. The monoisotopic (exact) mass is 184 g/mol. The van der Waals surface area contributed by atoms with Gasteiger partial charge in [0.2, 0.25) is 0 Å². The molecular weight excluding hydrogens is 172 g/mol. The molecule has 0 amide bonds. The Balaban J connectivity index is 2.95. The summed E-state index contributed by atoms with van der Waals surface area (Å²) in [4.78, 5) is 14.5. The molecule has 1 unspecified atom stereocenters. The van der Waals surface area contributed by atoms with Crippen molar-refractivity contribution in [2.24, 2.45) is 5.73 Å². The van der Waals surface area contributed by atoms with Crippen LogP contribution in [0.5, 0.6) is 0 Å². The highest BCUT2D eigenvalue weighted by Crippen LogP contribution is 2.21. The molecule has 0 saturated carbocycles. The third kappa shape index (κ3) is 1.67. The second-order valence-electron chi connectivity index (χ2n) is 3.37. The summed E-state index contributed by atoms with van der Waals surface area (Å²) in [6.07, 6.45) is 1.33. The number of hydrogen-bond donors (Lipinski definition) is 3. The molecular formula is C7H12N4O2. The van der Waals surface area contributed by atoms with Crippen LogP contribution in [-0.4, -0.2) is 32.3 Å². The number of nitrogens with zero attached hydrogens (tertiary/aromatic N) is 2. The molecule has 6 heteroatoms. The number of nitrogens with one attached hydrogen (secondary N) is 1. The SMILES string of the molecule is CC(C)(c1ncn[nH]1)C(N)C(=O)O. The Kier molecular flexibility index (Phi) is 2.33. The van der Waals surface area contributed by atoms with Gasteiger partial charge in [0.15, 0.2) is 0 Å². The molecule has 0 spiro atoms. The lowest BCUT2D eigenvalue weighted by Gasteiger charge is -2.25. The summed E-state index contributed by atoms with van der Waals surface area (Å²) in [5.74, 6) is -0.580. The van der Waals surface area contributed by atoms with Crippen molar-refractivity contribution < 1.29 is 9.90 Å². The topological polar surface area (TPSA) is 105 Å². The molecule has 0 saturated heterocycles. The van der Waals surface area contributed by atoms with E-state index in [4.69, 9.17) is 10.8 Å². The number of carboxylic acid groups (broad SMARTS) is 1. The quantitative estimate of drug-likeness (QED) is 0.587. The summed E-state index contributed by atoms with van der Waals surface area (Å²) < 4.78 is 0. The van der Waals surface area contributed by atoms with Crippen LogP contribution in [0.1, 0.15) is 19.7 Å².